The predicted molar refractivity (Wildman–Crippen MR) is 84.8 cm³/mol. The second-order valence-electron chi connectivity index (χ2n) is 5.80. The highest BCUT2D eigenvalue weighted by molar-refractivity contribution is 7.91. The highest BCUT2D eigenvalue weighted by Crippen LogP contribution is 2.36. The van der Waals surface area contributed by atoms with Gasteiger partial charge < -0.3 is 5.21 Å². The zero-order chi connectivity index (χ0) is 21.8. The molecule has 14 heteroatoms. The number of halogens is 6. The summed E-state index contributed by atoms with van der Waals surface area (Å²) < 4.78 is 102. The van der Waals surface area contributed by atoms with Crippen molar-refractivity contribution in [2.45, 2.75) is 24.2 Å². The Balaban J connectivity index is 2.27. The quantitative estimate of drug-likeness (QED) is 0.495. The largest absolute Gasteiger partial charge is 0.427 e. The molecule has 1 aromatic heterocycles. The van der Waals surface area contributed by atoms with Crippen molar-refractivity contribution in [3.8, 4) is 23.0 Å². The van der Waals surface area contributed by atoms with E-state index < -0.39 is 67.0 Å². The van der Waals surface area contributed by atoms with Crippen LogP contribution in [0.1, 0.15) is 18.1 Å². The number of imidazole rings is 1. The molecule has 29 heavy (non-hydrogen) atoms. The molecule has 0 aromatic carbocycles. The number of rotatable bonds is 3. The minimum atomic E-state index is -4.88. The molecule has 0 aliphatic carbocycles. The van der Waals surface area contributed by atoms with Gasteiger partial charge in [-0.1, -0.05) is 6.92 Å². The molecule has 1 aromatic rings. The van der Waals surface area contributed by atoms with Crippen LogP contribution >= 0.6 is 0 Å². The Morgan fingerprint density at radius 1 is 1.03 bits per heavy atom. The fraction of sp³-hybridized carbons (Fsp3) is 0.267. The standard InChI is InChI=1S/C15H10F6N4O3S/c1-2-29(27,28)10-4-7(14(16,17)18)5-22-11(10)12-23-9-3-8(15(19,20)21)6-25(26)13(9)24-12/h3-6,26H,2H2,1H3. The van der Waals surface area contributed by atoms with Crippen LogP contribution in [-0.2, 0) is 22.2 Å². The molecule has 0 spiro atoms. The molecule has 0 atom stereocenters. The minimum absolute atomic E-state index is 0.0345. The number of pyridine rings is 2. The number of alkyl halides is 6. The maximum absolute atomic E-state index is 13.0. The lowest BCUT2D eigenvalue weighted by Gasteiger charge is -2.11. The Morgan fingerprint density at radius 2 is 1.66 bits per heavy atom. The molecule has 7 nitrogen and oxygen atoms in total. The average Bonchev–Trinajstić information content (AvgIpc) is 3.04. The van der Waals surface area contributed by atoms with E-state index in [-0.39, 0.29) is 4.73 Å². The molecular formula is C15H10F6N4O3S. The molecule has 3 heterocycles. The van der Waals surface area contributed by atoms with Crippen LogP contribution in [0, 0.1) is 0 Å². The van der Waals surface area contributed by atoms with Gasteiger partial charge in [-0.05, 0) is 12.1 Å². The zero-order valence-electron chi connectivity index (χ0n) is 14.2. The molecule has 0 bridgehead atoms. The SMILES string of the molecule is CCS(=O)(=O)c1cc(C(F)(F)F)cnc1-c1nc2cc(C(F)(F)F)cn(O)c-2n1. The first-order chi connectivity index (χ1) is 13.2. The van der Waals surface area contributed by atoms with E-state index in [2.05, 4.69) is 15.0 Å². The molecule has 2 aliphatic rings. The summed E-state index contributed by atoms with van der Waals surface area (Å²) in [5.74, 6) is -1.58. The van der Waals surface area contributed by atoms with Crippen LogP contribution in [0.4, 0.5) is 26.3 Å². The summed E-state index contributed by atoms with van der Waals surface area (Å²) in [6.07, 6.45) is -9.01. The summed E-state index contributed by atoms with van der Waals surface area (Å²) in [4.78, 5) is 10.1. The Kier molecular flexibility index (Phi) is 4.72. The Morgan fingerprint density at radius 3 is 2.21 bits per heavy atom. The van der Waals surface area contributed by atoms with Gasteiger partial charge in [0.05, 0.1) is 28.0 Å². The van der Waals surface area contributed by atoms with Crippen molar-refractivity contribution < 1.29 is 40.0 Å². The third kappa shape index (κ3) is 3.83. The Bertz CT molecular complexity index is 1150. The molecule has 3 rings (SSSR count). The average molecular weight is 440 g/mol. The molecule has 156 valence electrons. The Labute approximate surface area is 158 Å². The van der Waals surface area contributed by atoms with E-state index in [1.165, 1.54) is 6.92 Å². The topological polar surface area (TPSA) is 98.0 Å². The number of nitrogens with zero attached hydrogens (tertiary/aromatic N) is 4. The molecule has 0 saturated carbocycles. The normalized spacial score (nSPS) is 13.2. The highest BCUT2D eigenvalue weighted by atomic mass is 32.2. The van der Waals surface area contributed by atoms with Crippen LogP contribution < -0.4 is 0 Å². The van der Waals surface area contributed by atoms with Crippen LogP contribution in [-0.4, -0.2) is 39.1 Å². The first kappa shape index (κ1) is 20.8. The van der Waals surface area contributed by atoms with Gasteiger partial charge in [-0.15, -0.1) is 0 Å². The third-order valence-electron chi connectivity index (χ3n) is 3.87. The fourth-order valence-electron chi connectivity index (χ4n) is 2.41. The molecule has 0 unspecified atom stereocenters. The molecule has 1 N–H and O–H groups in total. The van der Waals surface area contributed by atoms with Crippen LogP contribution in [0.5, 0.6) is 0 Å². The van der Waals surface area contributed by atoms with E-state index in [1.54, 1.807) is 0 Å². The number of hydrogen-bond donors (Lipinski definition) is 1. The monoisotopic (exact) mass is 440 g/mol. The molecule has 0 saturated heterocycles. The fourth-order valence-corrected chi connectivity index (χ4v) is 3.47. The van der Waals surface area contributed by atoms with E-state index in [9.17, 15) is 40.0 Å². The smallest absolute Gasteiger partial charge is 0.418 e. The highest BCUT2D eigenvalue weighted by Gasteiger charge is 2.36. The summed E-state index contributed by atoms with van der Waals surface area (Å²) in [6.45, 7) is 1.19. The molecule has 0 fully saturated rings. The van der Waals surface area contributed by atoms with Crippen molar-refractivity contribution in [2.24, 2.45) is 0 Å². The van der Waals surface area contributed by atoms with Crippen molar-refractivity contribution >= 4 is 9.84 Å². The lowest BCUT2D eigenvalue weighted by Crippen LogP contribution is -2.12. The van der Waals surface area contributed by atoms with Gasteiger partial charge in [-0.25, -0.2) is 18.4 Å². The van der Waals surface area contributed by atoms with Gasteiger partial charge in [0.1, 0.15) is 11.4 Å². The zero-order valence-corrected chi connectivity index (χ0v) is 15.1. The summed E-state index contributed by atoms with van der Waals surface area (Å²) in [5, 5.41) is 9.73. The molecule has 0 radical (unpaired) electrons. The van der Waals surface area contributed by atoms with Crippen molar-refractivity contribution in [1.82, 2.24) is 19.7 Å². The van der Waals surface area contributed by atoms with Gasteiger partial charge in [-0.2, -0.15) is 31.1 Å². The van der Waals surface area contributed by atoms with Gasteiger partial charge >= 0.3 is 12.4 Å². The van der Waals surface area contributed by atoms with Crippen LogP contribution in [0.15, 0.2) is 29.4 Å². The van der Waals surface area contributed by atoms with Crippen LogP contribution in [0.25, 0.3) is 23.0 Å². The first-order valence-electron chi connectivity index (χ1n) is 7.71. The maximum Gasteiger partial charge on any atom is 0.418 e. The number of sulfone groups is 1. The van der Waals surface area contributed by atoms with E-state index in [0.717, 1.165) is 0 Å². The van der Waals surface area contributed by atoms with Gasteiger partial charge in [-0.3, -0.25) is 4.98 Å². The number of hydrogen-bond acceptors (Lipinski definition) is 6. The third-order valence-corrected chi connectivity index (χ3v) is 5.61. The van der Waals surface area contributed by atoms with Crippen molar-refractivity contribution in [3.05, 3.63) is 35.7 Å². The first-order valence-corrected chi connectivity index (χ1v) is 9.36. The number of fused-ring (bicyclic) bond motifs is 1. The van der Waals surface area contributed by atoms with Gasteiger partial charge in [0, 0.05) is 6.20 Å². The molecule has 0 amide bonds. The van der Waals surface area contributed by atoms with Gasteiger partial charge in [0.25, 0.3) is 0 Å². The van der Waals surface area contributed by atoms with Crippen LogP contribution in [0.2, 0.25) is 0 Å². The van der Waals surface area contributed by atoms with Gasteiger partial charge in [0.15, 0.2) is 21.5 Å². The van der Waals surface area contributed by atoms with E-state index in [0.29, 0.717) is 24.5 Å². The minimum Gasteiger partial charge on any atom is -0.427 e. The molecular weight excluding hydrogens is 430 g/mol. The second kappa shape index (κ2) is 6.57. The summed E-state index contributed by atoms with van der Waals surface area (Å²) in [6, 6.07) is 0.910. The van der Waals surface area contributed by atoms with Crippen molar-refractivity contribution in [3.63, 3.8) is 0 Å². The van der Waals surface area contributed by atoms with Crippen molar-refractivity contribution in [1.29, 1.82) is 0 Å². The predicted octanol–water partition coefficient (Wildman–Crippen LogP) is 3.51. The number of aromatic nitrogens is 4. The van der Waals surface area contributed by atoms with E-state index in [4.69, 9.17) is 0 Å². The lowest BCUT2D eigenvalue weighted by molar-refractivity contribution is -0.139. The summed E-state index contributed by atoms with van der Waals surface area (Å²) >= 11 is 0. The van der Waals surface area contributed by atoms with Crippen LogP contribution in [0.3, 0.4) is 0 Å². The van der Waals surface area contributed by atoms with Gasteiger partial charge in [0.2, 0.25) is 0 Å². The second-order valence-corrected chi connectivity index (χ2v) is 8.05. The molecule has 2 aliphatic heterocycles. The summed E-state index contributed by atoms with van der Waals surface area (Å²) in [7, 11) is -4.23. The van der Waals surface area contributed by atoms with Crippen molar-refractivity contribution in [2.75, 3.05) is 5.75 Å². The van der Waals surface area contributed by atoms with E-state index >= 15 is 0 Å². The maximum atomic E-state index is 13.0. The summed E-state index contributed by atoms with van der Waals surface area (Å²) in [5.41, 5.74) is -3.63. The lowest BCUT2D eigenvalue weighted by atomic mass is 10.2. The van der Waals surface area contributed by atoms with E-state index in [1.807, 2.05) is 0 Å². The Hall–Kier alpha value is -2.90.